The molecule has 0 spiro atoms. The molecule has 2 aromatic rings. The number of nitrogens with one attached hydrogen (secondary N) is 1. The van der Waals surface area contributed by atoms with Crippen LogP contribution in [0.1, 0.15) is 16.5 Å². The number of para-hydroxylation sites is 1. The number of nitrogens with zero attached hydrogens (tertiary/aromatic N) is 1. The molecule has 0 saturated carbocycles. The molecular weight excluding hydrogens is 332 g/mol. The smallest absolute Gasteiger partial charge is 0.148 e. The van der Waals surface area contributed by atoms with Crippen molar-refractivity contribution in [3.63, 3.8) is 0 Å². The van der Waals surface area contributed by atoms with Crippen LogP contribution in [0.3, 0.4) is 0 Å². The van der Waals surface area contributed by atoms with E-state index >= 15 is 0 Å². The van der Waals surface area contributed by atoms with Crippen molar-refractivity contribution in [3.8, 4) is 18.1 Å². The molecule has 1 aromatic carbocycles. The van der Waals surface area contributed by atoms with Crippen LogP contribution < -0.4 is 10.1 Å². The fourth-order valence-electron chi connectivity index (χ4n) is 3.03. The summed E-state index contributed by atoms with van der Waals surface area (Å²) in [6.45, 7) is 5.52. The third-order valence-electron chi connectivity index (χ3n) is 4.29. The van der Waals surface area contributed by atoms with E-state index < -0.39 is 0 Å². The van der Waals surface area contributed by atoms with E-state index in [0.29, 0.717) is 12.6 Å². The standard InChI is InChI=1S/C20H24N2O2S/c1-2-11-24-19-7-4-3-6-17(19)15-21-16-18(20-8-5-14-25-20)22-9-12-23-13-10-22/h1,3-8,14,18,21H,9-13,15-16H2. The van der Waals surface area contributed by atoms with Gasteiger partial charge in [-0.3, -0.25) is 4.90 Å². The van der Waals surface area contributed by atoms with Crippen LogP contribution in [-0.2, 0) is 11.3 Å². The number of benzene rings is 1. The summed E-state index contributed by atoms with van der Waals surface area (Å²) in [6, 6.07) is 12.8. The van der Waals surface area contributed by atoms with Gasteiger partial charge in [-0.15, -0.1) is 17.8 Å². The molecule has 0 bridgehead atoms. The van der Waals surface area contributed by atoms with Gasteiger partial charge in [-0.1, -0.05) is 30.2 Å². The summed E-state index contributed by atoms with van der Waals surface area (Å²) >= 11 is 1.82. The molecule has 0 aliphatic carbocycles. The van der Waals surface area contributed by atoms with Gasteiger partial charge < -0.3 is 14.8 Å². The van der Waals surface area contributed by atoms with Gasteiger partial charge in [0.05, 0.1) is 19.3 Å². The zero-order valence-electron chi connectivity index (χ0n) is 14.3. The normalized spacial score (nSPS) is 16.3. The number of ether oxygens (including phenoxy) is 2. The van der Waals surface area contributed by atoms with Crippen molar-refractivity contribution in [2.45, 2.75) is 12.6 Å². The lowest BCUT2D eigenvalue weighted by Gasteiger charge is -2.34. The van der Waals surface area contributed by atoms with Crippen LogP contribution in [-0.4, -0.2) is 44.4 Å². The molecule has 3 rings (SSSR count). The predicted octanol–water partition coefficient (Wildman–Crippen LogP) is 2.92. The van der Waals surface area contributed by atoms with Gasteiger partial charge in [-0.25, -0.2) is 0 Å². The maximum atomic E-state index is 5.63. The third kappa shape index (κ3) is 5.07. The average molecular weight is 356 g/mol. The summed E-state index contributed by atoms with van der Waals surface area (Å²) in [5.74, 6) is 3.37. The van der Waals surface area contributed by atoms with Gasteiger partial charge in [0.2, 0.25) is 0 Å². The minimum Gasteiger partial charge on any atom is -0.481 e. The van der Waals surface area contributed by atoms with Crippen LogP contribution in [0.25, 0.3) is 0 Å². The zero-order chi connectivity index (χ0) is 17.3. The number of rotatable bonds is 8. The van der Waals surface area contributed by atoms with E-state index in [2.05, 4.69) is 39.7 Å². The maximum Gasteiger partial charge on any atom is 0.148 e. The molecule has 0 radical (unpaired) electrons. The average Bonchev–Trinajstić information content (AvgIpc) is 3.19. The molecule has 1 aromatic heterocycles. The number of hydrogen-bond acceptors (Lipinski definition) is 5. The molecule has 2 heterocycles. The summed E-state index contributed by atoms with van der Waals surface area (Å²) in [7, 11) is 0. The van der Waals surface area contributed by atoms with Crippen LogP contribution in [0.15, 0.2) is 41.8 Å². The van der Waals surface area contributed by atoms with E-state index in [4.69, 9.17) is 15.9 Å². The number of morpholine rings is 1. The van der Waals surface area contributed by atoms with E-state index in [1.54, 1.807) is 0 Å². The fourth-order valence-corrected chi connectivity index (χ4v) is 3.89. The topological polar surface area (TPSA) is 33.7 Å². The lowest BCUT2D eigenvalue weighted by atomic mass is 10.1. The van der Waals surface area contributed by atoms with Gasteiger partial charge in [0.15, 0.2) is 0 Å². The van der Waals surface area contributed by atoms with Gasteiger partial charge in [0.1, 0.15) is 12.4 Å². The van der Waals surface area contributed by atoms with E-state index in [1.807, 2.05) is 29.5 Å². The number of thiophene rings is 1. The fraction of sp³-hybridized carbons (Fsp3) is 0.400. The molecule has 0 amide bonds. The lowest BCUT2D eigenvalue weighted by molar-refractivity contribution is 0.0168. The maximum absolute atomic E-state index is 5.63. The Morgan fingerprint density at radius 2 is 2.08 bits per heavy atom. The summed E-state index contributed by atoms with van der Waals surface area (Å²) in [5.41, 5.74) is 1.13. The first-order chi connectivity index (χ1) is 12.4. The molecule has 4 nitrogen and oxygen atoms in total. The second-order valence-electron chi connectivity index (χ2n) is 5.91. The van der Waals surface area contributed by atoms with Gasteiger partial charge in [0.25, 0.3) is 0 Å². The van der Waals surface area contributed by atoms with Crippen molar-refractivity contribution in [1.82, 2.24) is 10.2 Å². The van der Waals surface area contributed by atoms with Crippen molar-refractivity contribution in [3.05, 3.63) is 52.2 Å². The summed E-state index contributed by atoms with van der Waals surface area (Å²) < 4.78 is 11.1. The first-order valence-corrected chi connectivity index (χ1v) is 9.46. The molecule has 1 N–H and O–H groups in total. The Hall–Kier alpha value is -1.84. The summed E-state index contributed by atoms with van der Waals surface area (Å²) in [4.78, 5) is 3.90. The van der Waals surface area contributed by atoms with Gasteiger partial charge in [-0.2, -0.15) is 0 Å². The van der Waals surface area contributed by atoms with Gasteiger partial charge >= 0.3 is 0 Å². The van der Waals surface area contributed by atoms with Crippen LogP contribution in [0, 0.1) is 12.3 Å². The lowest BCUT2D eigenvalue weighted by Crippen LogP contribution is -2.42. The molecule has 1 aliphatic heterocycles. The minimum atomic E-state index is 0.294. The summed E-state index contributed by atoms with van der Waals surface area (Å²) in [5, 5.41) is 5.74. The van der Waals surface area contributed by atoms with Gasteiger partial charge in [-0.05, 0) is 17.5 Å². The number of hydrogen-bond donors (Lipinski definition) is 1. The second kappa shape index (κ2) is 9.59. The van der Waals surface area contributed by atoms with Crippen molar-refractivity contribution < 1.29 is 9.47 Å². The molecule has 1 atom stereocenters. The summed E-state index contributed by atoms with van der Waals surface area (Å²) in [6.07, 6.45) is 5.30. The Bertz CT molecular complexity index is 675. The first kappa shape index (κ1) is 18.0. The van der Waals surface area contributed by atoms with Gasteiger partial charge in [0, 0.05) is 36.6 Å². The molecule has 5 heteroatoms. The molecule has 1 saturated heterocycles. The van der Waals surface area contributed by atoms with Crippen molar-refractivity contribution in [2.24, 2.45) is 0 Å². The monoisotopic (exact) mass is 356 g/mol. The highest BCUT2D eigenvalue weighted by molar-refractivity contribution is 7.10. The van der Waals surface area contributed by atoms with Crippen LogP contribution in [0.2, 0.25) is 0 Å². The molecule has 1 aliphatic rings. The van der Waals surface area contributed by atoms with Crippen molar-refractivity contribution >= 4 is 11.3 Å². The Morgan fingerprint density at radius 1 is 1.24 bits per heavy atom. The van der Waals surface area contributed by atoms with Crippen molar-refractivity contribution in [1.29, 1.82) is 0 Å². The van der Waals surface area contributed by atoms with E-state index in [1.165, 1.54) is 4.88 Å². The van der Waals surface area contributed by atoms with Crippen LogP contribution in [0.5, 0.6) is 5.75 Å². The Labute approximate surface area is 153 Å². The molecule has 1 fully saturated rings. The highest BCUT2D eigenvalue weighted by atomic mass is 32.1. The minimum absolute atomic E-state index is 0.294. The number of terminal acetylenes is 1. The Balaban J connectivity index is 1.61. The third-order valence-corrected chi connectivity index (χ3v) is 5.27. The van der Waals surface area contributed by atoms with Crippen molar-refractivity contribution in [2.75, 3.05) is 39.5 Å². The molecular formula is C20H24N2O2S. The molecule has 25 heavy (non-hydrogen) atoms. The molecule has 132 valence electrons. The Morgan fingerprint density at radius 3 is 2.84 bits per heavy atom. The largest absolute Gasteiger partial charge is 0.481 e. The highest BCUT2D eigenvalue weighted by Crippen LogP contribution is 2.26. The van der Waals surface area contributed by atoms with Crippen LogP contribution in [0.4, 0.5) is 0 Å². The van der Waals surface area contributed by atoms with Crippen LogP contribution >= 0.6 is 11.3 Å². The highest BCUT2D eigenvalue weighted by Gasteiger charge is 2.23. The van der Waals surface area contributed by atoms with E-state index in [9.17, 15) is 0 Å². The van der Waals surface area contributed by atoms with E-state index in [0.717, 1.165) is 50.7 Å². The Kier molecular flexibility index (Phi) is 6.89. The predicted molar refractivity (Wildman–Crippen MR) is 102 cm³/mol. The first-order valence-electron chi connectivity index (χ1n) is 8.58. The SMILES string of the molecule is C#CCOc1ccccc1CNCC(c1cccs1)N1CCOCC1. The van der Waals surface area contributed by atoms with E-state index in [-0.39, 0.29) is 0 Å². The molecule has 1 unspecified atom stereocenters. The quantitative estimate of drug-likeness (QED) is 0.738. The zero-order valence-corrected chi connectivity index (χ0v) is 15.1. The second-order valence-corrected chi connectivity index (χ2v) is 6.89.